The lowest BCUT2D eigenvalue weighted by atomic mass is 9.82. The zero-order valence-electron chi connectivity index (χ0n) is 6.42. The molecule has 1 saturated heterocycles. The molecular formula is C8H10O3. The van der Waals surface area contributed by atoms with Gasteiger partial charge in [0, 0.05) is 0 Å². The van der Waals surface area contributed by atoms with E-state index in [1.165, 1.54) is 0 Å². The molecule has 3 unspecified atom stereocenters. The SMILES string of the molecule is CC12CCCC3C(=O)C31OO2. The first kappa shape index (κ1) is 6.14. The Hall–Kier alpha value is -0.410. The van der Waals surface area contributed by atoms with Gasteiger partial charge >= 0.3 is 0 Å². The maximum absolute atomic E-state index is 11.3. The van der Waals surface area contributed by atoms with Gasteiger partial charge < -0.3 is 0 Å². The van der Waals surface area contributed by atoms with Gasteiger partial charge in [0.1, 0.15) is 5.60 Å². The first-order chi connectivity index (χ1) is 5.21. The van der Waals surface area contributed by atoms with Crippen LogP contribution in [-0.2, 0) is 14.6 Å². The lowest BCUT2D eigenvalue weighted by Crippen LogP contribution is -2.60. The number of ketones is 1. The van der Waals surface area contributed by atoms with Gasteiger partial charge in [-0.2, -0.15) is 0 Å². The van der Waals surface area contributed by atoms with E-state index in [1.54, 1.807) is 0 Å². The lowest BCUT2D eigenvalue weighted by molar-refractivity contribution is -0.523. The second-order valence-electron chi connectivity index (χ2n) is 3.94. The maximum Gasteiger partial charge on any atom is 0.203 e. The summed E-state index contributed by atoms with van der Waals surface area (Å²) < 4.78 is 0. The highest BCUT2D eigenvalue weighted by molar-refractivity contribution is 6.09. The third-order valence-electron chi connectivity index (χ3n) is 3.38. The van der Waals surface area contributed by atoms with Crippen LogP contribution in [0.5, 0.6) is 0 Å². The molecule has 11 heavy (non-hydrogen) atoms. The van der Waals surface area contributed by atoms with Crippen LogP contribution in [0.3, 0.4) is 0 Å². The summed E-state index contributed by atoms with van der Waals surface area (Å²) in [6.07, 6.45) is 3.06. The van der Waals surface area contributed by atoms with E-state index >= 15 is 0 Å². The smallest absolute Gasteiger partial charge is 0.203 e. The van der Waals surface area contributed by atoms with Crippen molar-refractivity contribution in [1.82, 2.24) is 0 Å². The Bertz CT molecular complexity index is 250. The van der Waals surface area contributed by atoms with E-state index in [1.807, 2.05) is 6.92 Å². The summed E-state index contributed by atoms with van der Waals surface area (Å²) in [6, 6.07) is 0. The third kappa shape index (κ3) is 0.413. The summed E-state index contributed by atoms with van der Waals surface area (Å²) in [6.45, 7) is 1.98. The molecule has 1 heterocycles. The molecule has 2 aliphatic carbocycles. The molecule has 3 rings (SSSR count). The van der Waals surface area contributed by atoms with Crippen LogP contribution in [0.15, 0.2) is 0 Å². The van der Waals surface area contributed by atoms with Gasteiger partial charge in [-0.05, 0) is 26.2 Å². The minimum absolute atomic E-state index is 0.162. The predicted octanol–water partition coefficient (Wildman–Crippen LogP) is 0.829. The molecule has 0 aromatic rings. The van der Waals surface area contributed by atoms with Crippen molar-refractivity contribution in [3.05, 3.63) is 0 Å². The molecule has 0 aromatic carbocycles. The minimum Gasteiger partial charge on any atom is -0.296 e. The number of carbonyl (C=O) groups excluding carboxylic acids is 1. The van der Waals surface area contributed by atoms with Crippen molar-refractivity contribution in [1.29, 1.82) is 0 Å². The zero-order valence-corrected chi connectivity index (χ0v) is 6.42. The van der Waals surface area contributed by atoms with Crippen LogP contribution in [-0.4, -0.2) is 17.0 Å². The molecule has 0 amide bonds. The van der Waals surface area contributed by atoms with E-state index in [4.69, 9.17) is 9.78 Å². The molecule has 0 bridgehead atoms. The van der Waals surface area contributed by atoms with Crippen molar-refractivity contribution in [3.63, 3.8) is 0 Å². The molecule has 1 spiro atoms. The van der Waals surface area contributed by atoms with Crippen molar-refractivity contribution in [2.24, 2.45) is 5.92 Å². The average molecular weight is 154 g/mol. The average Bonchev–Trinajstić information content (AvgIpc) is 2.56. The molecule has 2 saturated carbocycles. The summed E-state index contributed by atoms with van der Waals surface area (Å²) in [5.74, 6) is 0.429. The number of carbonyl (C=O) groups is 1. The van der Waals surface area contributed by atoms with Gasteiger partial charge in [0.15, 0.2) is 5.78 Å². The zero-order chi connectivity index (χ0) is 7.69. The fourth-order valence-electron chi connectivity index (χ4n) is 2.55. The van der Waals surface area contributed by atoms with Gasteiger partial charge in [0.2, 0.25) is 5.60 Å². The van der Waals surface area contributed by atoms with E-state index in [0.717, 1.165) is 19.3 Å². The molecule has 3 nitrogen and oxygen atoms in total. The Balaban J connectivity index is 2.04. The van der Waals surface area contributed by atoms with Gasteiger partial charge in [-0.3, -0.25) is 4.79 Å². The van der Waals surface area contributed by atoms with Crippen molar-refractivity contribution in [3.8, 4) is 0 Å². The Morgan fingerprint density at radius 1 is 1.55 bits per heavy atom. The summed E-state index contributed by atoms with van der Waals surface area (Å²) in [7, 11) is 0. The van der Waals surface area contributed by atoms with Gasteiger partial charge in [0.25, 0.3) is 0 Å². The number of Topliss-reactive ketones (excluding diaryl/α,β-unsaturated/α-hetero) is 1. The van der Waals surface area contributed by atoms with Gasteiger partial charge in [-0.25, -0.2) is 9.78 Å². The van der Waals surface area contributed by atoms with E-state index in [0.29, 0.717) is 0 Å². The number of hydrogen-bond acceptors (Lipinski definition) is 3. The fourth-order valence-corrected chi connectivity index (χ4v) is 2.55. The summed E-state index contributed by atoms with van der Waals surface area (Å²) in [5, 5.41) is 0. The highest BCUT2D eigenvalue weighted by Gasteiger charge is 2.84. The van der Waals surface area contributed by atoms with E-state index in [9.17, 15) is 4.79 Å². The highest BCUT2D eigenvalue weighted by atomic mass is 17.3. The number of hydrogen-bond donors (Lipinski definition) is 0. The van der Waals surface area contributed by atoms with Gasteiger partial charge in [-0.1, -0.05) is 0 Å². The monoisotopic (exact) mass is 154 g/mol. The molecular weight excluding hydrogens is 144 g/mol. The van der Waals surface area contributed by atoms with Crippen LogP contribution < -0.4 is 0 Å². The van der Waals surface area contributed by atoms with E-state index in [2.05, 4.69) is 0 Å². The molecule has 0 radical (unpaired) electrons. The summed E-state index contributed by atoms with van der Waals surface area (Å²) in [5.41, 5.74) is -0.752. The maximum atomic E-state index is 11.3. The van der Waals surface area contributed by atoms with Crippen molar-refractivity contribution in [2.45, 2.75) is 37.4 Å². The summed E-state index contributed by atoms with van der Waals surface area (Å²) >= 11 is 0. The predicted molar refractivity (Wildman–Crippen MR) is 35.7 cm³/mol. The van der Waals surface area contributed by atoms with E-state index < -0.39 is 5.60 Å². The fraction of sp³-hybridized carbons (Fsp3) is 0.875. The van der Waals surface area contributed by atoms with Gasteiger partial charge in [-0.15, -0.1) is 0 Å². The molecule has 3 fully saturated rings. The van der Waals surface area contributed by atoms with E-state index in [-0.39, 0.29) is 17.3 Å². The van der Waals surface area contributed by atoms with Crippen molar-refractivity contribution >= 4 is 5.78 Å². The van der Waals surface area contributed by atoms with Crippen LogP contribution in [0, 0.1) is 5.92 Å². The Kier molecular flexibility index (Phi) is 0.775. The molecule has 60 valence electrons. The Labute approximate surface area is 64.6 Å². The normalized spacial score (nSPS) is 59.4. The van der Waals surface area contributed by atoms with Crippen LogP contribution in [0.25, 0.3) is 0 Å². The first-order valence-corrected chi connectivity index (χ1v) is 4.12. The topological polar surface area (TPSA) is 35.5 Å². The summed E-state index contributed by atoms with van der Waals surface area (Å²) in [4.78, 5) is 21.3. The quantitative estimate of drug-likeness (QED) is 0.485. The number of rotatable bonds is 0. The molecule has 1 aliphatic heterocycles. The van der Waals surface area contributed by atoms with Crippen molar-refractivity contribution < 1.29 is 14.6 Å². The molecule has 0 aromatic heterocycles. The van der Waals surface area contributed by atoms with Gasteiger partial charge in [0.05, 0.1) is 5.92 Å². The molecule has 0 N–H and O–H groups in total. The largest absolute Gasteiger partial charge is 0.296 e. The minimum atomic E-state index is -0.481. The van der Waals surface area contributed by atoms with Crippen molar-refractivity contribution in [2.75, 3.05) is 0 Å². The van der Waals surface area contributed by atoms with Crippen LogP contribution in [0.4, 0.5) is 0 Å². The highest BCUT2D eigenvalue weighted by Crippen LogP contribution is 2.64. The van der Waals surface area contributed by atoms with Crippen LogP contribution in [0.1, 0.15) is 26.2 Å². The lowest BCUT2D eigenvalue weighted by Gasteiger charge is -2.46. The van der Waals surface area contributed by atoms with Crippen LogP contribution >= 0.6 is 0 Å². The second kappa shape index (κ2) is 1.39. The molecule has 3 aliphatic rings. The Morgan fingerprint density at radius 2 is 2.36 bits per heavy atom. The van der Waals surface area contributed by atoms with Crippen LogP contribution in [0.2, 0.25) is 0 Å². The molecule has 3 atom stereocenters. The third-order valence-corrected chi connectivity index (χ3v) is 3.38. The second-order valence-corrected chi connectivity index (χ2v) is 3.94. The molecule has 3 heteroatoms. The first-order valence-electron chi connectivity index (χ1n) is 4.12. The Morgan fingerprint density at radius 3 is 2.82 bits per heavy atom. The standard InChI is InChI=1S/C8H10O3/c1-7-4-2-3-5-6(9)8(5,7)11-10-7/h5H,2-4H2,1H3.